The van der Waals surface area contributed by atoms with Crippen molar-refractivity contribution in [3.05, 3.63) is 144 Å². The molecule has 2 heterocycles. The molecule has 0 saturated heterocycles. The van der Waals surface area contributed by atoms with Gasteiger partial charge < -0.3 is 11.5 Å². The van der Waals surface area contributed by atoms with E-state index in [1.807, 2.05) is 72.8 Å². The summed E-state index contributed by atoms with van der Waals surface area (Å²) < 4.78 is -0.518. The molecule has 0 spiro atoms. The zero-order chi connectivity index (χ0) is 41.3. The van der Waals surface area contributed by atoms with Gasteiger partial charge in [-0.1, -0.05) is 90.1 Å². The van der Waals surface area contributed by atoms with E-state index in [2.05, 4.69) is 41.5 Å². The Labute approximate surface area is 346 Å². The molecule has 0 unspecified atom stereocenters. The van der Waals surface area contributed by atoms with Crippen molar-refractivity contribution in [1.82, 2.24) is 0 Å². The van der Waals surface area contributed by atoms with E-state index in [0.717, 1.165) is 43.2 Å². The van der Waals surface area contributed by atoms with Crippen LogP contribution in [0, 0.1) is 0 Å². The first kappa shape index (κ1) is 38.8. The van der Waals surface area contributed by atoms with E-state index in [4.69, 9.17) is 11.5 Å². The van der Waals surface area contributed by atoms with Gasteiger partial charge in [0.1, 0.15) is 0 Å². The molecule has 0 atom stereocenters. The summed E-state index contributed by atoms with van der Waals surface area (Å²) in [5.74, 6) is -1.50. The van der Waals surface area contributed by atoms with Crippen LogP contribution < -0.4 is 21.3 Å². The molecule has 6 aromatic carbocycles. The minimum atomic E-state index is -0.379. The second kappa shape index (κ2) is 14.4. The molecular formula is C48H42N4O4S2. The number of nitrogens with two attached hydrogens (primary N) is 2. The number of imide groups is 2. The SMILES string of the molecule is CC(C)(C)Sc1cc(-c2ccc(N3C(=O)c4ccc(-c5ccc(N)cc5)cc4C3=O)c(SC(C)(C)C)c2)ccc1N1C(=O)c2ccc(-c3ccc(N)cc3)cc2C1=O. The van der Waals surface area contributed by atoms with Crippen LogP contribution in [0.4, 0.5) is 22.7 Å². The Morgan fingerprint density at radius 3 is 1.02 bits per heavy atom. The summed E-state index contributed by atoms with van der Waals surface area (Å²) in [6.07, 6.45) is 0. The van der Waals surface area contributed by atoms with Crippen molar-refractivity contribution in [1.29, 1.82) is 0 Å². The van der Waals surface area contributed by atoms with Gasteiger partial charge in [-0.2, -0.15) is 0 Å². The molecule has 0 radical (unpaired) electrons. The summed E-state index contributed by atoms with van der Waals surface area (Å²) in [6.45, 7) is 12.5. The summed E-state index contributed by atoms with van der Waals surface area (Å²) in [5, 5.41) is 0. The van der Waals surface area contributed by atoms with Crippen molar-refractivity contribution in [2.75, 3.05) is 21.3 Å². The third-order valence-electron chi connectivity index (χ3n) is 9.83. The summed E-state index contributed by atoms with van der Waals surface area (Å²) in [7, 11) is 0. The zero-order valence-electron chi connectivity index (χ0n) is 33.0. The maximum Gasteiger partial charge on any atom is 0.266 e. The third kappa shape index (κ3) is 7.29. The highest BCUT2D eigenvalue weighted by Crippen LogP contribution is 2.46. The molecule has 290 valence electrons. The van der Waals surface area contributed by atoms with Gasteiger partial charge in [0.25, 0.3) is 23.6 Å². The maximum atomic E-state index is 14.1. The Kier molecular flexibility index (Phi) is 9.61. The number of fused-ring (bicyclic) bond motifs is 2. The Morgan fingerprint density at radius 2 is 0.672 bits per heavy atom. The summed E-state index contributed by atoms with van der Waals surface area (Å²) in [5.41, 5.74) is 20.6. The van der Waals surface area contributed by atoms with Gasteiger partial charge in [-0.15, -0.1) is 23.5 Å². The Morgan fingerprint density at radius 1 is 0.379 bits per heavy atom. The topological polar surface area (TPSA) is 127 Å². The molecule has 4 N–H and O–H groups in total. The van der Waals surface area contributed by atoms with E-state index in [0.29, 0.717) is 45.0 Å². The van der Waals surface area contributed by atoms with E-state index in [-0.39, 0.29) is 33.1 Å². The number of amides is 4. The molecule has 10 heteroatoms. The molecule has 2 aliphatic heterocycles. The van der Waals surface area contributed by atoms with Gasteiger partial charge in [-0.25, -0.2) is 9.80 Å². The number of thioether (sulfide) groups is 2. The molecule has 0 bridgehead atoms. The van der Waals surface area contributed by atoms with Gasteiger partial charge in [0.05, 0.1) is 33.6 Å². The fourth-order valence-corrected chi connectivity index (χ4v) is 9.43. The van der Waals surface area contributed by atoms with Crippen molar-refractivity contribution in [3.63, 3.8) is 0 Å². The molecule has 8 rings (SSSR count). The van der Waals surface area contributed by atoms with Crippen LogP contribution in [0.15, 0.2) is 131 Å². The predicted molar refractivity (Wildman–Crippen MR) is 238 cm³/mol. The standard InChI is InChI=1S/C48H42N4O4S2/c1-47(2,3)57-41-25-31(13-21-39(41)51-43(53)35-19-11-29(23-37(35)45(51)55)27-7-15-33(49)16-8-27)32-14-22-40(42(26-32)58-48(4,5)6)52-44(54)36-20-12-30(24-38(36)46(52)56)28-9-17-34(50)18-10-28/h7-26H,49-50H2,1-6H3. The number of carbonyl (C=O) groups is 4. The highest BCUT2D eigenvalue weighted by Gasteiger charge is 2.40. The van der Waals surface area contributed by atoms with E-state index in [9.17, 15) is 19.2 Å². The number of hydrogen-bond acceptors (Lipinski definition) is 8. The molecule has 2 aliphatic rings. The number of rotatable bonds is 7. The van der Waals surface area contributed by atoms with Gasteiger partial charge in [-0.05, 0) is 106 Å². The number of benzene rings is 6. The van der Waals surface area contributed by atoms with Gasteiger partial charge in [-0.3, -0.25) is 19.2 Å². The van der Waals surface area contributed by atoms with Crippen LogP contribution in [-0.2, 0) is 0 Å². The lowest BCUT2D eigenvalue weighted by Gasteiger charge is -2.25. The van der Waals surface area contributed by atoms with Crippen molar-refractivity contribution < 1.29 is 19.2 Å². The minimum Gasteiger partial charge on any atom is -0.399 e. The molecule has 0 aromatic heterocycles. The van der Waals surface area contributed by atoms with Crippen LogP contribution in [-0.4, -0.2) is 33.1 Å². The van der Waals surface area contributed by atoms with E-state index < -0.39 is 0 Å². The fraction of sp³-hybridized carbons (Fsp3) is 0.167. The fourth-order valence-electron chi connectivity index (χ4n) is 7.21. The van der Waals surface area contributed by atoms with Crippen LogP contribution in [0.5, 0.6) is 0 Å². The predicted octanol–water partition coefficient (Wildman–Crippen LogP) is 11.2. The zero-order valence-corrected chi connectivity index (χ0v) is 34.7. The quantitative estimate of drug-likeness (QED) is 0.0928. The molecule has 58 heavy (non-hydrogen) atoms. The van der Waals surface area contributed by atoms with Crippen molar-refractivity contribution in [2.45, 2.75) is 60.8 Å². The molecule has 4 amide bonds. The first-order valence-electron chi connectivity index (χ1n) is 18.9. The lowest BCUT2D eigenvalue weighted by Crippen LogP contribution is -2.30. The van der Waals surface area contributed by atoms with Gasteiger partial charge in [0.15, 0.2) is 0 Å². The monoisotopic (exact) mass is 802 g/mol. The molecule has 0 aliphatic carbocycles. The molecule has 8 nitrogen and oxygen atoms in total. The highest BCUT2D eigenvalue weighted by molar-refractivity contribution is 8.01. The van der Waals surface area contributed by atoms with Crippen LogP contribution in [0.1, 0.15) is 83.0 Å². The minimum absolute atomic E-state index is 0.259. The highest BCUT2D eigenvalue weighted by atomic mass is 32.2. The lowest BCUT2D eigenvalue weighted by molar-refractivity contribution is 0.0909. The molecular weight excluding hydrogens is 761 g/mol. The number of carbonyl (C=O) groups excluding carboxylic acids is 4. The number of hydrogen-bond donors (Lipinski definition) is 2. The Hall–Kier alpha value is -6.10. The van der Waals surface area contributed by atoms with Crippen LogP contribution in [0.2, 0.25) is 0 Å². The van der Waals surface area contributed by atoms with Crippen LogP contribution in [0.3, 0.4) is 0 Å². The lowest BCUT2D eigenvalue weighted by atomic mass is 10.00. The van der Waals surface area contributed by atoms with E-state index >= 15 is 0 Å². The third-order valence-corrected chi connectivity index (χ3v) is 12.1. The summed E-state index contributed by atoms with van der Waals surface area (Å²) >= 11 is 3.14. The van der Waals surface area contributed by atoms with E-state index in [1.54, 1.807) is 72.1 Å². The van der Waals surface area contributed by atoms with E-state index in [1.165, 1.54) is 9.80 Å². The number of nitrogen functional groups attached to an aromatic ring is 2. The van der Waals surface area contributed by atoms with Crippen LogP contribution >= 0.6 is 23.5 Å². The van der Waals surface area contributed by atoms with Crippen molar-refractivity contribution >= 4 is 69.9 Å². The van der Waals surface area contributed by atoms with Gasteiger partial charge in [0, 0.05) is 30.7 Å². The summed E-state index contributed by atoms with van der Waals surface area (Å²) in [4.78, 5) is 60.2. The average Bonchev–Trinajstić information content (AvgIpc) is 3.57. The average molecular weight is 803 g/mol. The number of nitrogens with zero attached hydrogens (tertiary/aromatic N) is 2. The second-order valence-electron chi connectivity index (χ2n) is 16.5. The Bertz CT molecular complexity index is 2510. The summed E-state index contributed by atoms with van der Waals surface area (Å²) in [6, 6.07) is 37.0. The molecule has 6 aromatic rings. The normalized spacial score (nSPS) is 14.0. The van der Waals surface area contributed by atoms with Crippen molar-refractivity contribution in [3.8, 4) is 33.4 Å². The molecule has 0 saturated carbocycles. The van der Waals surface area contributed by atoms with Crippen LogP contribution in [0.25, 0.3) is 33.4 Å². The molecule has 0 fully saturated rings. The van der Waals surface area contributed by atoms with Gasteiger partial charge in [0.2, 0.25) is 0 Å². The number of anilines is 4. The van der Waals surface area contributed by atoms with Crippen molar-refractivity contribution in [2.24, 2.45) is 0 Å². The largest absolute Gasteiger partial charge is 0.399 e. The first-order chi connectivity index (χ1) is 27.5. The Balaban J connectivity index is 1.16. The maximum absolute atomic E-state index is 14.1. The second-order valence-corrected chi connectivity index (χ2v) is 20.2. The van der Waals surface area contributed by atoms with Gasteiger partial charge >= 0.3 is 0 Å². The first-order valence-corrected chi connectivity index (χ1v) is 20.5. The smallest absolute Gasteiger partial charge is 0.266 e.